The quantitative estimate of drug-likeness (QED) is 0.856. The molecule has 0 aliphatic heterocycles. The SMILES string of the molecule is CCOc1ccc(-n2nncc2CCC(=O)O)cc1. The first-order valence-corrected chi connectivity index (χ1v) is 6.05. The summed E-state index contributed by atoms with van der Waals surface area (Å²) in [6, 6.07) is 7.43. The second kappa shape index (κ2) is 5.99. The van der Waals surface area contributed by atoms with E-state index < -0.39 is 5.97 Å². The van der Waals surface area contributed by atoms with E-state index in [0.717, 1.165) is 17.1 Å². The lowest BCUT2D eigenvalue weighted by Gasteiger charge is -2.07. The van der Waals surface area contributed by atoms with Crippen molar-refractivity contribution in [2.24, 2.45) is 0 Å². The van der Waals surface area contributed by atoms with E-state index >= 15 is 0 Å². The summed E-state index contributed by atoms with van der Waals surface area (Å²) in [5.41, 5.74) is 1.60. The Morgan fingerprint density at radius 1 is 1.37 bits per heavy atom. The molecule has 2 aromatic rings. The average Bonchev–Trinajstić information content (AvgIpc) is 2.86. The molecular weight excluding hydrogens is 246 g/mol. The highest BCUT2D eigenvalue weighted by Crippen LogP contribution is 2.16. The minimum atomic E-state index is -0.834. The van der Waals surface area contributed by atoms with Crippen LogP contribution in [0.3, 0.4) is 0 Å². The molecule has 6 nitrogen and oxygen atoms in total. The van der Waals surface area contributed by atoms with Crippen LogP contribution in [0.4, 0.5) is 0 Å². The second-order valence-corrected chi connectivity index (χ2v) is 3.96. The Labute approximate surface area is 110 Å². The standard InChI is InChI=1S/C13H15N3O3/c1-2-19-12-6-3-10(4-7-12)16-11(9-14-15-16)5-8-13(17)18/h3-4,6-7,9H,2,5,8H2,1H3,(H,17,18). The lowest BCUT2D eigenvalue weighted by atomic mass is 10.2. The molecule has 6 heteroatoms. The third kappa shape index (κ3) is 3.31. The molecule has 0 unspecified atom stereocenters. The monoisotopic (exact) mass is 261 g/mol. The average molecular weight is 261 g/mol. The van der Waals surface area contributed by atoms with E-state index in [4.69, 9.17) is 9.84 Å². The highest BCUT2D eigenvalue weighted by molar-refractivity contribution is 5.67. The Morgan fingerprint density at radius 2 is 2.11 bits per heavy atom. The van der Waals surface area contributed by atoms with Gasteiger partial charge in [-0.1, -0.05) is 5.21 Å². The summed E-state index contributed by atoms with van der Waals surface area (Å²) in [5, 5.41) is 16.5. The smallest absolute Gasteiger partial charge is 0.303 e. The van der Waals surface area contributed by atoms with Crippen molar-refractivity contribution in [3.05, 3.63) is 36.2 Å². The molecule has 0 amide bonds. The van der Waals surface area contributed by atoms with Crippen LogP contribution in [0.15, 0.2) is 30.5 Å². The Bertz CT molecular complexity index is 549. The molecule has 0 radical (unpaired) electrons. The van der Waals surface area contributed by atoms with E-state index in [0.29, 0.717) is 13.0 Å². The van der Waals surface area contributed by atoms with Gasteiger partial charge in [0.15, 0.2) is 0 Å². The normalized spacial score (nSPS) is 10.4. The minimum Gasteiger partial charge on any atom is -0.494 e. The lowest BCUT2D eigenvalue weighted by Crippen LogP contribution is -2.05. The van der Waals surface area contributed by atoms with E-state index in [1.807, 2.05) is 31.2 Å². The molecular formula is C13H15N3O3. The van der Waals surface area contributed by atoms with Gasteiger partial charge in [-0.2, -0.15) is 0 Å². The first-order chi connectivity index (χ1) is 9.20. The first kappa shape index (κ1) is 13.1. The van der Waals surface area contributed by atoms with Crippen molar-refractivity contribution in [2.45, 2.75) is 19.8 Å². The van der Waals surface area contributed by atoms with Gasteiger partial charge in [0.05, 0.1) is 30.6 Å². The largest absolute Gasteiger partial charge is 0.494 e. The number of carbonyl (C=O) groups is 1. The molecule has 1 aromatic heterocycles. The molecule has 0 spiro atoms. The molecule has 0 aliphatic carbocycles. The number of hydrogen-bond donors (Lipinski definition) is 1. The Morgan fingerprint density at radius 3 is 2.74 bits per heavy atom. The van der Waals surface area contributed by atoms with Crippen LogP contribution in [0.25, 0.3) is 5.69 Å². The number of carboxylic acids is 1. The maximum atomic E-state index is 10.6. The number of aliphatic carboxylic acids is 1. The Hall–Kier alpha value is -2.37. The molecule has 0 fully saturated rings. The number of benzene rings is 1. The maximum absolute atomic E-state index is 10.6. The van der Waals surface area contributed by atoms with Gasteiger partial charge >= 0.3 is 5.97 Å². The van der Waals surface area contributed by atoms with Gasteiger partial charge in [-0.15, -0.1) is 5.10 Å². The zero-order valence-corrected chi connectivity index (χ0v) is 10.6. The summed E-state index contributed by atoms with van der Waals surface area (Å²) in [4.78, 5) is 10.6. The fraction of sp³-hybridized carbons (Fsp3) is 0.308. The van der Waals surface area contributed by atoms with E-state index in [-0.39, 0.29) is 6.42 Å². The van der Waals surface area contributed by atoms with Gasteiger partial charge in [-0.25, -0.2) is 4.68 Å². The fourth-order valence-electron chi connectivity index (χ4n) is 1.73. The topological polar surface area (TPSA) is 77.2 Å². The predicted octanol–water partition coefficient (Wildman–Crippen LogP) is 1.68. The summed E-state index contributed by atoms with van der Waals surface area (Å²) < 4.78 is 7.00. The fourth-order valence-corrected chi connectivity index (χ4v) is 1.73. The molecule has 0 aliphatic rings. The van der Waals surface area contributed by atoms with Gasteiger partial charge in [0.1, 0.15) is 5.75 Å². The van der Waals surface area contributed by atoms with Crippen molar-refractivity contribution in [2.75, 3.05) is 6.61 Å². The number of aryl methyl sites for hydroxylation is 1. The van der Waals surface area contributed by atoms with Crippen molar-refractivity contribution < 1.29 is 14.6 Å². The number of hydrogen-bond acceptors (Lipinski definition) is 4. The second-order valence-electron chi connectivity index (χ2n) is 3.96. The molecule has 19 heavy (non-hydrogen) atoms. The molecule has 0 saturated heterocycles. The minimum absolute atomic E-state index is 0.0599. The maximum Gasteiger partial charge on any atom is 0.303 e. The molecule has 0 atom stereocenters. The van der Waals surface area contributed by atoms with Crippen LogP contribution in [0.5, 0.6) is 5.75 Å². The summed E-state index contributed by atoms with van der Waals surface area (Å²) >= 11 is 0. The van der Waals surface area contributed by atoms with Gasteiger partial charge in [0.2, 0.25) is 0 Å². The summed E-state index contributed by atoms with van der Waals surface area (Å²) in [7, 11) is 0. The Kier molecular flexibility index (Phi) is 4.12. The van der Waals surface area contributed by atoms with Crippen molar-refractivity contribution >= 4 is 5.97 Å². The van der Waals surface area contributed by atoms with Gasteiger partial charge in [0, 0.05) is 6.42 Å². The van der Waals surface area contributed by atoms with Crippen LogP contribution in [0.1, 0.15) is 19.0 Å². The van der Waals surface area contributed by atoms with Crippen LogP contribution in [-0.2, 0) is 11.2 Å². The summed E-state index contributed by atoms with van der Waals surface area (Å²) in [6.07, 6.45) is 2.04. The van der Waals surface area contributed by atoms with E-state index in [9.17, 15) is 4.79 Å². The highest BCUT2D eigenvalue weighted by atomic mass is 16.5. The van der Waals surface area contributed by atoms with E-state index in [1.54, 1.807) is 10.9 Å². The van der Waals surface area contributed by atoms with Crippen LogP contribution in [-0.4, -0.2) is 32.7 Å². The van der Waals surface area contributed by atoms with Crippen molar-refractivity contribution in [3.8, 4) is 11.4 Å². The van der Waals surface area contributed by atoms with Gasteiger partial charge in [0.25, 0.3) is 0 Å². The van der Waals surface area contributed by atoms with Crippen molar-refractivity contribution in [1.29, 1.82) is 0 Å². The molecule has 1 heterocycles. The van der Waals surface area contributed by atoms with E-state index in [2.05, 4.69) is 10.3 Å². The number of aromatic nitrogens is 3. The molecule has 100 valence electrons. The highest BCUT2D eigenvalue weighted by Gasteiger charge is 2.08. The van der Waals surface area contributed by atoms with Crippen LogP contribution in [0.2, 0.25) is 0 Å². The number of ether oxygens (including phenoxy) is 1. The van der Waals surface area contributed by atoms with Gasteiger partial charge in [-0.3, -0.25) is 4.79 Å². The summed E-state index contributed by atoms with van der Waals surface area (Å²) in [5.74, 6) is -0.0436. The van der Waals surface area contributed by atoms with Crippen molar-refractivity contribution in [1.82, 2.24) is 15.0 Å². The molecule has 1 N–H and O–H groups in total. The molecule has 2 rings (SSSR count). The zero-order chi connectivity index (χ0) is 13.7. The number of nitrogens with zero attached hydrogens (tertiary/aromatic N) is 3. The van der Waals surface area contributed by atoms with E-state index in [1.165, 1.54) is 0 Å². The van der Waals surface area contributed by atoms with Gasteiger partial charge in [-0.05, 0) is 31.2 Å². The number of carboxylic acid groups (broad SMARTS) is 1. The molecule has 0 saturated carbocycles. The van der Waals surface area contributed by atoms with Crippen LogP contribution in [0, 0.1) is 0 Å². The first-order valence-electron chi connectivity index (χ1n) is 6.05. The van der Waals surface area contributed by atoms with Crippen molar-refractivity contribution in [3.63, 3.8) is 0 Å². The van der Waals surface area contributed by atoms with Crippen LogP contribution < -0.4 is 4.74 Å². The molecule has 0 bridgehead atoms. The van der Waals surface area contributed by atoms with Crippen LogP contribution >= 0.6 is 0 Å². The van der Waals surface area contributed by atoms with Gasteiger partial charge < -0.3 is 9.84 Å². The Balaban J connectivity index is 2.17. The third-order valence-corrected chi connectivity index (χ3v) is 2.61. The zero-order valence-electron chi connectivity index (χ0n) is 10.6. The number of rotatable bonds is 6. The lowest BCUT2D eigenvalue weighted by molar-refractivity contribution is -0.136. The third-order valence-electron chi connectivity index (χ3n) is 2.61. The predicted molar refractivity (Wildman–Crippen MR) is 68.5 cm³/mol. The summed E-state index contributed by atoms with van der Waals surface area (Å²) in [6.45, 7) is 2.54. The molecule has 1 aromatic carbocycles.